The second-order valence-electron chi connectivity index (χ2n) is 4.21. The minimum absolute atomic E-state index is 0.110. The number of carbonyl (C=O) groups is 2. The number of benzene rings is 1. The number of carbonyl (C=O) groups excluding carboxylic acids is 1. The van der Waals surface area contributed by atoms with Crippen LogP contribution >= 0.6 is 0 Å². The van der Waals surface area contributed by atoms with E-state index in [1.165, 1.54) is 11.5 Å². The van der Waals surface area contributed by atoms with Gasteiger partial charge < -0.3 is 10.8 Å². The summed E-state index contributed by atoms with van der Waals surface area (Å²) in [7, 11) is 0. The molecule has 1 aromatic heterocycles. The van der Waals surface area contributed by atoms with E-state index >= 15 is 0 Å². The van der Waals surface area contributed by atoms with Gasteiger partial charge in [-0.1, -0.05) is 18.2 Å². The van der Waals surface area contributed by atoms with E-state index < -0.39 is 12.0 Å². The standard InChI is InChI=1S/C13H14N2O3/c1-8(16)15-7-9(6-11(14)13(17)18)10-4-2-3-5-12(10)15/h2-5,7,11H,6,14H2,1H3,(H,17,18)/t11-/m0/s1. The normalized spacial score (nSPS) is 12.6. The molecular weight excluding hydrogens is 232 g/mol. The topological polar surface area (TPSA) is 85.3 Å². The van der Waals surface area contributed by atoms with E-state index in [1.54, 1.807) is 6.20 Å². The number of nitrogens with two attached hydrogens (primary N) is 1. The van der Waals surface area contributed by atoms with Gasteiger partial charge in [0.1, 0.15) is 6.04 Å². The number of hydrogen-bond acceptors (Lipinski definition) is 3. The Morgan fingerprint density at radius 2 is 2.06 bits per heavy atom. The van der Waals surface area contributed by atoms with E-state index in [1.807, 2.05) is 24.3 Å². The van der Waals surface area contributed by atoms with Crippen LogP contribution in [-0.4, -0.2) is 27.6 Å². The van der Waals surface area contributed by atoms with Gasteiger partial charge in [0.2, 0.25) is 5.91 Å². The van der Waals surface area contributed by atoms with Crippen LogP contribution in [0, 0.1) is 0 Å². The Kier molecular flexibility index (Phi) is 3.16. The van der Waals surface area contributed by atoms with Crippen molar-refractivity contribution >= 4 is 22.8 Å². The fourth-order valence-electron chi connectivity index (χ4n) is 2.00. The quantitative estimate of drug-likeness (QED) is 0.853. The van der Waals surface area contributed by atoms with Crippen LogP contribution in [0.3, 0.4) is 0 Å². The molecule has 94 valence electrons. The molecule has 0 saturated carbocycles. The Morgan fingerprint density at radius 1 is 1.39 bits per heavy atom. The average Bonchev–Trinajstić information content (AvgIpc) is 2.68. The summed E-state index contributed by atoms with van der Waals surface area (Å²) < 4.78 is 1.51. The summed E-state index contributed by atoms with van der Waals surface area (Å²) in [4.78, 5) is 22.3. The molecule has 18 heavy (non-hydrogen) atoms. The van der Waals surface area contributed by atoms with Gasteiger partial charge in [0, 0.05) is 24.9 Å². The Morgan fingerprint density at radius 3 is 2.67 bits per heavy atom. The molecule has 2 rings (SSSR count). The molecule has 0 unspecified atom stereocenters. The summed E-state index contributed by atoms with van der Waals surface area (Å²) in [6.45, 7) is 1.47. The summed E-state index contributed by atoms with van der Waals surface area (Å²) in [6, 6.07) is 6.41. The van der Waals surface area contributed by atoms with Crippen molar-refractivity contribution in [1.82, 2.24) is 4.57 Å². The Labute approximate surface area is 104 Å². The molecule has 1 aromatic carbocycles. The Balaban J connectivity index is 2.51. The maximum atomic E-state index is 11.5. The number of nitrogens with zero attached hydrogens (tertiary/aromatic N) is 1. The van der Waals surface area contributed by atoms with Crippen LogP contribution in [0.15, 0.2) is 30.5 Å². The molecule has 5 heteroatoms. The van der Waals surface area contributed by atoms with Crippen LogP contribution in [0.1, 0.15) is 17.3 Å². The first-order chi connectivity index (χ1) is 8.50. The van der Waals surface area contributed by atoms with E-state index in [2.05, 4.69) is 0 Å². The second kappa shape index (κ2) is 4.62. The number of aliphatic carboxylic acids is 1. The molecule has 0 aliphatic rings. The third-order valence-electron chi connectivity index (χ3n) is 2.89. The molecule has 5 nitrogen and oxygen atoms in total. The lowest BCUT2D eigenvalue weighted by Gasteiger charge is -2.04. The highest BCUT2D eigenvalue weighted by Gasteiger charge is 2.17. The summed E-state index contributed by atoms with van der Waals surface area (Å²) >= 11 is 0. The highest BCUT2D eigenvalue weighted by Crippen LogP contribution is 2.22. The second-order valence-corrected chi connectivity index (χ2v) is 4.21. The number of carboxylic acid groups (broad SMARTS) is 1. The van der Waals surface area contributed by atoms with Crippen molar-refractivity contribution in [3.05, 3.63) is 36.0 Å². The Bertz CT molecular complexity index is 616. The number of hydrogen-bond donors (Lipinski definition) is 2. The van der Waals surface area contributed by atoms with Gasteiger partial charge in [0.05, 0.1) is 5.52 Å². The SMILES string of the molecule is CC(=O)n1cc(C[C@H](N)C(=O)O)c2ccccc21. The lowest BCUT2D eigenvalue weighted by Crippen LogP contribution is -2.32. The van der Waals surface area contributed by atoms with Crippen LogP contribution in [0.4, 0.5) is 0 Å². The summed E-state index contributed by atoms with van der Waals surface area (Å²) in [6.07, 6.45) is 1.87. The third-order valence-corrected chi connectivity index (χ3v) is 2.89. The maximum Gasteiger partial charge on any atom is 0.320 e. The van der Waals surface area contributed by atoms with Crippen molar-refractivity contribution in [2.24, 2.45) is 5.73 Å². The fourth-order valence-corrected chi connectivity index (χ4v) is 2.00. The van der Waals surface area contributed by atoms with Crippen LogP contribution in [-0.2, 0) is 11.2 Å². The number of rotatable bonds is 3. The number of fused-ring (bicyclic) bond motifs is 1. The van der Waals surface area contributed by atoms with Crippen molar-refractivity contribution in [3.63, 3.8) is 0 Å². The van der Waals surface area contributed by atoms with Gasteiger partial charge in [-0.2, -0.15) is 0 Å². The van der Waals surface area contributed by atoms with Crippen LogP contribution < -0.4 is 5.73 Å². The van der Waals surface area contributed by atoms with E-state index in [-0.39, 0.29) is 12.3 Å². The average molecular weight is 246 g/mol. The molecule has 3 N–H and O–H groups in total. The largest absolute Gasteiger partial charge is 0.480 e. The number of aromatic nitrogens is 1. The third kappa shape index (κ3) is 2.12. The van der Waals surface area contributed by atoms with Crippen molar-refractivity contribution in [2.45, 2.75) is 19.4 Å². The van der Waals surface area contributed by atoms with Crippen LogP contribution in [0.2, 0.25) is 0 Å². The molecule has 0 amide bonds. The van der Waals surface area contributed by atoms with Gasteiger partial charge in [-0.05, 0) is 11.6 Å². The smallest absolute Gasteiger partial charge is 0.320 e. The van der Waals surface area contributed by atoms with Gasteiger partial charge in [-0.25, -0.2) is 0 Å². The van der Waals surface area contributed by atoms with Crippen molar-refractivity contribution in [3.8, 4) is 0 Å². The molecule has 0 aliphatic heterocycles. The zero-order valence-electron chi connectivity index (χ0n) is 9.96. The predicted octanol–water partition coefficient (Wildman–Crippen LogP) is 1.26. The molecular formula is C13H14N2O3. The van der Waals surface area contributed by atoms with E-state index in [9.17, 15) is 9.59 Å². The van der Waals surface area contributed by atoms with Gasteiger partial charge in [0.15, 0.2) is 0 Å². The number of carboxylic acids is 1. The lowest BCUT2D eigenvalue weighted by atomic mass is 10.1. The van der Waals surface area contributed by atoms with Gasteiger partial charge in [-0.3, -0.25) is 14.2 Å². The van der Waals surface area contributed by atoms with Crippen molar-refractivity contribution < 1.29 is 14.7 Å². The zero-order valence-corrected chi connectivity index (χ0v) is 9.96. The highest BCUT2D eigenvalue weighted by atomic mass is 16.4. The Hall–Kier alpha value is -2.14. The molecule has 1 atom stereocenters. The number of para-hydroxylation sites is 1. The van der Waals surface area contributed by atoms with E-state index in [4.69, 9.17) is 10.8 Å². The van der Waals surface area contributed by atoms with E-state index in [0.717, 1.165) is 16.5 Å². The predicted molar refractivity (Wildman–Crippen MR) is 67.6 cm³/mol. The minimum atomic E-state index is -1.05. The first-order valence-electron chi connectivity index (χ1n) is 5.59. The molecule has 0 saturated heterocycles. The van der Waals surface area contributed by atoms with Gasteiger partial charge >= 0.3 is 5.97 Å². The molecule has 0 aliphatic carbocycles. The minimum Gasteiger partial charge on any atom is -0.480 e. The first kappa shape index (κ1) is 12.3. The summed E-state index contributed by atoms with van der Waals surface area (Å²) in [5.74, 6) is -1.16. The lowest BCUT2D eigenvalue weighted by molar-refractivity contribution is -0.138. The van der Waals surface area contributed by atoms with Gasteiger partial charge in [-0.15, -0.1) is 0 Å². The monoisotopic (exact) mass is 246 g/mol. The summed E-state index contributed by atoms with van der Waals surface area (Å²) in [5, 5.41) is 9.70. The van der Waals surface area contributed by atoms with Crippen molar-refractivity contribution in [2.75, 3.05) is 0 Å². The highest BCUT2D eigenvalue weighted by molar-refractivity contribution is 5.94. The zero-order chi connectivity index (χ0) is 13.3. The molecule has 0 bridgehead atoms. The molecule has 1 heterocycles. The molecule has 0 spiro atoms. The maximum absolute atomic E-state index is 11.5. The van der Waals surface area contributed by atoms with Crippen LogP contribution in [0.25, 0.3) is 10.9 Å². The van der Waals surface area contributed by atoms with Crippen molar-refractivity contribution in [1.29, 1.82) is 0 Å². The molecule has 0 fully saturated rings. The fraction of sp³-hybridized carbons (Fsp3) is 0.231. The van der Waals surface area contributed by atoms with Gasteiger partial charge in [0.25, 0.3) is 0 Å². The molecule has 2 aromatic rings. The summed E-state index contributed by atoms with van der Waals surface area (Å²) in [5.41, 5.74) is 7.08. The first-order valence-corrected chi connectivity index (χ1v) is 5.59. The molecule has 0 radical (unpaired) electrons. The van der Waals surface area contributed by atoms with E-state index in [0.29, 0.717) is 0 Å². The van der Waals surface area contributed by atoms with Crippen LogP contribution in [0.5, 0.6) is 0 Å².